The van der Waals surface area contributed by atoms with Crippen LogP contribution in [-0.2, 0) is 0 Å². The average Bonchev–Trinajstić information content (AvgIpc) is 2.47. The number of oxime groups is 1. The molecule has 20 heavy (non-hydrogen) atoms. The minimum atomic E-state index is -0.593. The van der Waals surface area contributed by atoms with Crippen LogP contribution in [0.4, 0.5) is 5.69 Å². The Bertz CT molecular complexity index is 663. The predicted molar refractivity (Wildman–Crippen MR) is 69.6 cm³/mol. The van der Waals surface area contributed by atoms with E-state index in [1.807, 2.05) is 0 Å². The van der Waals surface area contributed by atoms with Crippen LogP contribution in [0.3, 0.4) is 0 Å². The first-order valence-electron chi connectivity index (χ1n) is 5.18. The first-order chi connectivity index (χ1) is 9.61. The lowest BCUT2D eigenvalue weighted by Crippen LogP contribution is -2.14. The van der Waals surface area contributed by atoms with Crippen molar-refractivity contribution in [3.63, 3.8) is 0 Å². The Morgan fingerprint density at radius 3 is 2.90 bits per heavy atom. The topological polar surface area (TPSA) is 140 Å². The molecule has 2 rings (SSSR count). The van der Waals surface area contributed by atoms with E-state index >= 15 is 0 Å². The molecule has 0 amide bonds. The molecule has 10 heteroatoms. The molecule has 0 spiro atoms. The number of nitrogens with zero attached hydrogens (tertiary/aromatic N) is 5. The van der Waals surface area contributed by atoms with Crippen molar-refractivity contribution >= 4 is 23.3 Å². The van der Waals surface area contributed by atoms with Gasteiger partial charge in [0.2, 0.25) is 0 Å². The summed E-state index contributed by atoms with van der Waals surface area (Å²) >= 11 is 1.02. The molecule has 0 radical (unpaired) electrons. The second kappa shape index (κ2) is 5.93. The highest BCUT2D eigenvalue weighted by molar-refractivity contribution is 7.99. The number of aromatic nitrogens is 3. The number of amidine groups is 1. The highest BCUT2D eigenvalue weighted by Gasteiger charge is 2.19. The highest BCUT2D eigenvalue weighted by Crippen LogP contribution is 2.31. The molecular formula is C10H8N6O3S. The van der Waals surface area contributed by atoms with Crippen LogP contribution in [0.2, 0.25) is 0 Å². The lowest BCUT2D eigenvalue weighted by Gasteiger charge is -2.03. The van der Waals surface area contributed by atoms with Crippen molar-refractivity contribution < 1.29 is 10.1 Å². The summed E-state index contributed by atoms with van der Waals surface area (Å²) < 4.78 is 0. The van der Waals surface area contributed by atoms with Crippen LogP contribution in [0.1, 0.15) is 5.56 Å². The van der Waals surface area contributed by atoms with Gasteiger partial charge in [0, 0.05) is 24.0 Å². The van der Waals surface area contributed by atoms with Crippen LogP contribution in [-0.4, -0.2) is 30.9 Å². The second-order valence-electron chi connectivity index (χ2n) is 3.44. The molecule has 0 saturated heterocycles. The predicted octanol–water partition coefficient (Wildman–Crippen LogP) is 1.03. The Hall–Kier alpha value is -2.75. The molecule has 3 N–H and O–H groups in total. The summed E-state index contributed by atoms with van der Waals surface area (Å²) in [6.45, 7) is 0. The maximum Gasteiger partial charge on any atom is 0.302 e. The molecule has 102 valence electrons. The van der Waals surface area contributed by atoms with Gasteiger partial charge < -0.3 is 10.9 Å². The molecule has 0 atom stereocenters. The molecule has 9 nitrogen and oxygen atoms in total. The summed E-state index contributed by atoms with van der Waals surface area (Å²) in [5, 5.41) is 23.1. The van der Waals surface area contributed by atoms with Crippen molar-refractivity contribution in [3.05, 3.63) is 46.5 Å². The van der Waals surface area contributed by atoms with E-state index in [1.165, 1.54) is 24.8 Å². The molecule has 0 bridgehead atoms. The summed E-state index contributed by atoms with van der Waals surface area (Å²) in [6.07, 6.45) is 4.14. The van der Waals surface area contributed by atoms with Gasteiger partial charge in [0.25, 0.3) is 0 Å². The van der Waals surface area contributed by atoms with Gasteiger partial charge in [-0.25, -0.2) is 15.0 Å². The lowest BCUT2D eigenvalue weighted by atomic mass is 10.2. The van der Waals surface area contributed by atoms with Crippen LogP contribution in [0, 0.1) is 10.1 Å². The van der Waals surface area contributed by atoms with Crippen molar-refractivity contribution in [2.75, 3.05) is 0 Å². The van der Waals surface area contributed by atoms with Gasteiger partial charge in [-0.05, 0) is 17.8 Å². The first kappa shape index (κ1) is 13.7. The first-order valence-corrected chi connectivity index (χ1v) is 5.99. The zero-order valence-corrected chi connectivity index (χ0v) is 10.7. The Kier molecular flexibility index (Phi) is 4.05. The molecule has 0 aromatic carbocycles. The fourth-order valence-corrected chi connectivity index (χ4v) is 2.06. The molecule has 0 unspecified atom stereocenters. The van der Waals surface area contributed by atoms with Crippen LogP contribution in [0.25, 0.3) is 0 Å². The zero-order valence-electron chi connectivity index (χ0n) is 9.87. The smallest absolute Gasteiger partial charge is 0.302 e. The largest absolute Gasteiger partial charge is 0.409 e. The fraction of sp³-hybridized carbons (Fsp3) is 0. The van der Waals surface area contributed by atoms with E-state index in [2.05, 4.69) is 20.1 Å². The molecule has 2 aromatic rings. The number of nitrogens with two attached hydrogens (primary N) is 1. The van der Waals surface area contributed by atoms with Gasteiger partial charge in [0.1, 0.15) is 11.4 Å². The Labute approximate surface area is 116 Å². The third kappa shape index (κ3) is 2.98. The highest BCUT2D eigenvalue weighted by atomic mass is 32.2. The van der Waals surface area contributed by atoms with E-state index in [4.69, 9.17) is 10.9 Å². The van der Waals surface area contributed by atoms with Crippen molar-refractivity contribution in [2.45, 2.75) is 10.1 Å². The Morgan fingerprint density at radius 1 is 1.50 bits per heavy atom. The zero-order chi connectivity index (χ0) is 14.5. The summed E-state index contributed by atoms with van der Waals surface area (Å²) in [4.78, 5) is 22.1. The van der Waals surface area contributed by atoms with Crippen molar-refractivity contribution in [2.24, 2.45) is 10.9 Å². The van der Waals surface area contributed by atoms with Crippen LogP contribution in [0.5, 0.6) is 0 Å². The van der Waals surface area contributed by atoms with Crippen molar-refractivity contribution in [3.8, 4) is 0 Å². The van der Waals surface area contributed by atoms with Crippen LogP contribution < -0.4 is 5.73 Å². The van der Waals surface area contributed by atoms with Gasteiger partial charge in [-0.1, -0.05) is 5.16 Å². The third-order valence-corrected chi connectivity index (χ3v) is 3.15. The number of nitro groups is 1. The lowest BCUT2D eigenvalue weighted by molar-refractivity contribution is -0.388. The number of hydrogen-bond acceptors (Lipinski definition) is 8. The monoisotopic (exact) mass is 292 g/mol. The SMILES string of the molecule is N/C(=N/O)c1cnc(Sc2ccncn2)c([N+](=O)[O-])c1. The summed E-state index contributed by atoms with van der Waals surface area (Å²) in [7, 11) is 0. The van der Waals surface area contributed by atoms with Gasteiger partial charge >= 0.3 is 5.69 Å². The maximum atomic E-state index is 11.1. The van der Waals surface area contributed by atoms with E-state index in [1.54, 1.807) is 6.07 Å². The Morgan fingerprint density at radius 2 is 2.30 bits per heavy atom. The van der Waals surface area contributed by atoms with Gasteiger partial charge in [0.15, 0.2) is 10.9 Å². The minimum Gasteiger partial charge on any atom is -0.409 e. The molecule has 2 heterocycles. The molecule has 0 fully saturated rings. The summed E-state index contributed by atoms with van der Waals surface area (Å²) in [5.41, 5.74) is 5.28. The quantitative estimate of drug-likeness (QED) is 0.212. The summed E-state index contributed by atoms with van der Waals surface area (Å²) in [5.74, 6) is -0.251. The van der Waals surface area contributed by atoms with E-state index < -0.39 is 4.92 Å². The number of rotatable bonds is 4. The number of pyridine rings is 1. The molecule has 2 aromatic heterocycles. The standard InChI is InChI=1S/C10H8N6O3S/c11-9(15-17)6-3-7(16(18)19)10(13-4-6)20-8-1-2-12-5-14-8/h1-5,17H,(H2,11,15). The number of hydrogen-bond donors (Lipinski definition) is 2. The molecule has 0 saturated carbocycles. The third-order valence-electron chi connectivity index (χ3n) is 2.19. The molecule has 0 aliphatic rings. The van der Waals surface area contributed by atoms with Gasteiger partial charge in [-0.3, -0.25) is 10.1 Å². The second-order valence-corrected chi connectivity index (χ2v) is 4.45. The normalized spacial score (nSPS) is 11.3. The van der Waals surface area contributed by atoms with Gasteiger partial charge in [0.05, 0.1) is 4.92 Å². The van der Waals surface area contributed by atoms with E-state index in [0.717, 1.165) is 11.8 Å². The Balaban J connectivity index is 2.41. The van der Waals surface area contributed by atoms with Gasteiger partial charge in [-0.15, -0.1) is 0 Å². The minimum absolute atomic E-state index is 0.156. The molecule has 0 aliphatic carbocycles. The average molecular weight is 292 g/mol. The molecule has 0 aliphatic heterocycles. The van der Waals surface area contributed by atoms with Crippen molar-refractivity contribution in [1.29, 1.82) is 0 Å². The molecular weight excluding hydrogens is 284 g/mol. The van der Waals surface area contributed by atoms with Crippen molar-refractivity contribution in [1.82, 2.24) is 15.0 Å². The maximum absolute atomic E-state index is 11.1. The van der Waals surface area contributed by atoms with E-state index in [0.29, 0.717) is 5.03 Å². The van der Waals surface area contributed by atoms with E-state index in [9.17, 15) is 10.1 Å². The van der Waals surface area contributed by atoms with Gasteiger partial charge in [-0.2, -0.15) is 0 Å². The fourth-order valence-electron chi connectivity index (χ4n) is 1.29. The van der Waals surface area contributed by atoms with E-state index in [-0.39, 0.29) is 22.1 Å². The van der Waals surface area contributed by atoms with Crippen LogP contribution in [0.15, 0.2) is 46.1 Å². The van der Waals surface area contributed by atoms with Crippen LogP contribution >= 0.6 is 11.8 Å². The summed E-state index contributed by atoms with van der Waals surface area (Å²) in [6, 6.07) is 2.79.